The molecule has 1 aliphatic carbocycles. The number of rotatable bonds is 3. The van der Waals surface area contributed by atoms with Gasteiger partial charge in [0, 0.05) is 30.8 Å². The molecule has 5 heterocycles. The summed E-state index contributed by atoms with van der Waals surface area (Å²) < 4.78 is 21.4. The molecule has 30 heavy (non-hydrogen) atoms. The van der Waals surface area contributed by atoms with Crippen molar-refractivity contribution in [1.82, 2.24) is 34.7 Å². The first-order valence-electron chi connectivity index (χ1n) is 9.99. The molecule has 0 aromatic carbocycles. The van der Waals surface area contributed by atoms with E-state index in [0.29, 0.717) is 35.8 Å². The average molecular weight is 407 g/mol. The first-order valence-corrected chi connectivity index (χ1v) is 9.99. The number of nitrogens with zero attached hydrogens (tertiary/aromatic N) is 6. The number of halogens is 1. The second kappa shape index (κ2) is 6.48. The molecule has 1 saturated carbocycles. The van der Waals surface area contributed by atoms with Gasteiger partial charge in [-0.3, -0.25) is 4.79 Å². The van der Waals surface area contributed by atoms with Gasteiger partial charge < -0.3 is 14.3 Å². The van der Waals surface area contributed by atoms with Gasteiger partial charge in [-0.2, -0.15) is 5.10 Å². The second-order valence-corrected chi connectivity index (χ2v) is 7.75. The van der Waals surface area contributed by atoms with Gasteiger partial charge in [0.25, 0.3) is 0 Å². The minimum atomic E-state index is -0.578. The maximum Gasteiger partial charge on any atom is 0.312 e. The predicted octanol–water partition coefficient (Wildman–Crippen LogP) is 2.63. The Kier molecular flexibility index (Phi) is 3.74. The smallest absolute Gasteiger partial charge is 0.312 e. The van der Waals surface area contributed by atoms with E-state index in [9.17, 15) is 9.18 Å². The van der Waals surface area contributed by atoms with E-state index in [4.69, 9.17) is 4.42 Å². The number of pyridine rings is 1. The molecule has 1 fully saturated rings. The van der Waals surface area contributed by atoms with Crippen molar-refractivity contribution in [3.05, 3.63) is 65.4 Å². The Morgan fingerprint density at radius 2 is 2.20 bits per heavy atom. The number of amides is 1. The van der Waals surface area contributed by atoms with Crippen LogP contribution in [0.2, 0.25) is 0 Å². The van der Waals surface area contributed by atoms with Crippen LogP contribution in [0, 0.1) is 5.82 Å². The molecule has 10 heteroatoms. The van der Waals surface area contributed by atoms with Crippen LogP contribution in [-0.4, -0.2) is 47.1 Å². The summed E-state index contributed by atoms with van der Waals surface area (Å²) in [4.78, 5) is 22.5. The quantitative estimate of drug-likeness (QED) is 0.560. The van der Waals surface area contributed by atoms with E-state index < -0.39 is 6.04 Å². The van der Waals surface area contributed by atoms with E-state index in [1.54, 1.807) is 29.6 Å². The first-order chi connectivity index (χ1) is 14.7. The summed E-state index contributed by atoms with van der Waals surface area (Å²) in [6, 6.07) is 4.04. The highest BCUT2D eigenvalue weighted by atomic mass is 19.1. The summed E-state index contributed by atoms with van der Waals surface area (Å²) >= 11 is 0. The van der Waals surface area contributed by atoms with Crippen molar-refractivity contribution < 1.29 is 13.6 Å². The lowest BCUT2D eigenvalue weighted by Gasteiger charge is -2.32. The van der Waals surface area contributed by atoms with Crippen LogP contribution < -0.4 is 0 Å². The summed E-state index contributed by atoms with van der Waals surface area (Å²) in [6.07, 6.45) is 7.03. The van der Waals surface area contributed by atoms with Gasteiger partial charge in [0.05, 0.1) is 17.7 Å². The highest BCUT2D eigenvalue weighted by Gasteiger charge is 2.38. The lowest BCUT2D eigenvalue weighted by atomic mass is 9.85. The van der Waals surface area contributed by atoms with Gasteiger partial charge in [-0.1, -0.05) is 6.42 Å². The van der Waals surface area contributed by atoms with Crippen molar-refractivity contribution in [1.29, 1.82) is 0 Å². The SMILES string of the molecule is O=C(c1nnc(C2CCC2)o1)N1CCc2[nH]cnc2[C@H]1c1cc2c(F)cccn2n1. The molecular formula is C20H18FN7O2. The number of carbonyl (C=O) groups excluding carboxylic acids is 1. The van der Waals surface area contributed by atoms with Crippen molar-refractivity contribution in [2.75, 3.05) is 6.54 Å². The molecule has 152 valence electrons. The topological polar surface area (TPSA) is 105 Å². The standard InChI is InChI=1S/C20H18FN7O2/c21-12-5-2-7-28-15(12)9-14(26-28)17-16-13(22-10-23-16)6-8-27(17)20(29)19-25-24-18(30-19)11-3-1-4-11/h2,5,7,9-11,17H,1,3-4,6,8H2,(H,22,23)/t17-/m1/s1. The summed E-state index contributed by atoms with van der Waals surface area (Å²) in [5.74, 6) is -0.0155. The third kappa shape index (κ3) is 2.56. The Hall–Kier alpha value is -3.56. The van der Waals surface area contributed by atoms with Gasteiger partial charge in [0.15, 0.2) is 0 Å². The van der Waals surface area contributed by atoms with Crippen LogP contribution in [0.3, 0.4) is 0 Å². The van der Waals surface area contributed by atoms with Crippen LogP contribution in [0.15, 0.2) is 35.1 Å². The van der Waals surface area contributed by atoms with Crippen LogP contribution in [-0.2, 0) is 6.42 Å². The number of fused-ring (bicyclic) bond motifs is 2. The van der Waals surface area contributed by atoms with E-state index in [2.05, 4.69) is 25.3 Å². The largest absolute Gasteiger partial charge is 0.417 e. The molecule has 0 unspecified atom stereocenters. The van der Waals surface area contributed by atoms with Crippen LogP contribution in [0.25, 0.3) is 5.52 Å². The Balaban J connectivity index is 1.41. The van der Waals surface area contributed by atoms with Gasteiger partial charge in [-0.25, -0.2) is 13.9 Å². The number of carbonyl (C=O) groups is 1. The zero-order valence-electron chi connectivity index (χ0n) is 16.0. The number of hydrogen-bond acceptors (Lipinski definition) is 6. The molecule has 4 aromatic heterocycles. The van der Waals surface area contributed by atoms with E-state index in [0.717, 1.165) is 25.0 Å². The van der Waals surface area contributed by atoms with Crippen LogP contribution >= 0.6 is 0 Å². The Bertz CT molecular complexity index is 1260. The number of aromatic nitrogens is 6. The summed E-state index contributed by atoms with van der Waals surface area (Å²) in [6.45, 7) is 0.427. The van der Waals surface area contributed by atoms with Crippen molar-refractivity contribution >= 4 is 11.4 Å². The van der Waals surface area contributed by atoms with Crippen LogP contribution in [0.4, 0.5) is 4.39 Å². The fourth-order valence-corrected chi connectivity index (χ4v) is 4.19. The fourth-order valence-electron chi connectivity index (χ4n) is 4.19. The van der Waals surface area contributed by atoms with Gasteiger partial charge in [-0.15, -0.1) is 10.2 Å². The molecule has 6 rings (SSSR count). The molecule has 1 amide bonds. The average Bonchev–Trinajstić information content (AvgIpc) is 3.44. The first kappa shape index (κ1) is 17.3. The van der Waals surface area contributed by atoms with E-state index >= 15 is 0 Å². The molecule has 9 nitrogen and oxygen atoms in total. The molecule has 0 bridgehead atoms. The molecule has 0 radical (unpaired) electrons. The maximum absolute atomic E-state index is 14.2. The molecule has 1 aliphatic heterocycles. The van der Waals surface area contributed by atoms with Gasteiger partial charge >= 0.3 is 11.8 Å². The van der Waals surface area contributed by atoms with E-state index in [1.165, 1.54) is 10.6 Å². The lowest BCUT2D eigenvalue weighted by molar-refractivity contribution is 0.0642. The molecule has 4 aromatic rings. The number of H-pyrrole nitrogens is 1. The van der Waals surface area contributed by atoms with Gasteiger partial charge in [0.2, 0.25) is 5.89 Å². The van der Waals surface area contributed by atoms with E-state index in [-0.39, 0.29) is 23.5 Å². The van der Waals surface area contributed by atoms with Gasteiger partial charge in [0.1, 0.15) is 17.4 Å². The third-order valence-corrected chi connectivity index (χ3v) is 6.01. The number of nitrogens with one attached hydrogen (secondary N) is 1. The van der Waals surface area contributed by atoms with Crippen LogP contribution in [0.1, 0.15) is 64.9 Å². The second-order valence-electron chi connectivity index (χ2n) is 7.75. The summed E-state index contributed by atoms with van der Waals surface area (Å²) in [7, 11) is 0. The van der Waals surface area contributed by atoms with Crippen molar-refractivity contribution in [2.45, 2.75) is 37.6 Å². The highest BCUT2D eigenvalue weighted by Crippen LogP contribution is 2.37. The maximum atomic E-state index is 14.2. The minimum Gasteiger partial charge on any atom is -0.417 e. The number of imidazole rings is 1. The lowest BCUT2D eigenvalue weighted by Crippen LogP contribution is -2.41. The zero-order valence-corrected chi connectivity index (χ0v) is 16.0. The summed E-state index contributed by atoms with van der Waals surface area (Å²) in [5, 5.41) is 12.6. The van der Waals surface area contributed by atoms with E-state index in [1.807, 2.05) is 0 Å². The Morgan fingerprint density at radius 1 is 1.30 bits per heavy atom. The minimum absolute atomic E-state index is 0.0316. The van der Waals surface area contributed by atoms with Gasteiger partial charge in [-0.05, 0) is 31.0 Å². The Morgan fingerprint density at radius 3 is 3.00 bits per heavy atom. The van der Waals surface area contributed by atoms with Crippen molar-refractivity contribution in [3.63, 3.8) is 0 Å². The molecule has 2 aliphatic rings. The molecule has 0 saturated heterocycles. The zero-order chi connectivity index (χ0) is 20.2. The third-order valence-electron chi connectivity index (χ3n) is 6.01. The molecule has 1 atom stereocenters. The van der Waals surface area contributed by atoms with Crippen molar-refractivity contribution in [2.24, 2.45) is 0 Å². The highest BCUT2D eigenvalue weighted by molar-refractivity contribution is 5.90. The Labute approximate surface area is 169 Å². The van der Waals surface area contributed by atoms with Crippen LogP contribution in [0.5, 0.6) is 0 Å². The molecular weight excluding hydrogens is 389 g/mol. The normalized spacial score (nSPS) is 19.1. The molecule has 1 N–H and O–H groups in total. The number of hydrogen-bond donors (Lipinski definition) is 1. The predicted molar refractivity (Wildman–Crippen MR) is 101 cm³/mol. The summed E-state index contributed by atoms with van der Waals surface area (Å²) in [5.41, 5.74) is 2.49. The fraction of sp³-hybridized carbons (Fsp3) is 0.350. The monoisotopic (exact) mass is 407 g/mol. The molecule has 0 spiro atoms. The number of aromatic amines is 1. The van der Waals surface area contributed by atoms with Crippen molar-refractivity contribution in [3.8, 4) is 0 Å².